The minimum absolute atomic E-state index is 0.0210. The summed E-state index contributed by atoms with van der Waals surface area (Å²) in [5, 5.41) is 5.60. The molecule has 0 radical (unpaired) electrons. The van der Waals surface area contributed by atoms with Gasteiger partial charge in [-0.2, -0.15) is 0 Å². The van der Waals surface area contributed by atoms with Crippen molar-refractivity contribution < 1.29 is 9.59 Å². The number of hydrogen-bond acceptors (Lipinski definition) is 4. The Balaban J connectivity index is 1.96. The third kappa shape index (κ3) is 3.26. The van der Waals surface area contributed by atoms with E-state index in [1.807, 2.05) is 12.3 Å². The predicted molar refractivity (Wildman–Crippen MR) is 64.8 cm³/mol. The molecule has 0 bridgehead atoms. The van der Waals surface area contributed by atoms with Crippen LogP contribution in [-0.2, 0) is 16.0 Å². The van der Waals surface area contributed by atoms with Crippen molar-refractivity contribution in [3.63, 3.8) is 0 Å². The summed E-state index contributed by atoms with van der Waals surface area (Å²) in [6, 6.07) is 0. The van der Waals surface area contributed by atoms with Gasteiger partial charge in [0, 0.05) is 18.5 Å². The molecule has 17 heavy (non-hydrogen) atoms. The van der Waals surface area contributed by atoms with E-state index in [1.54, 1.807) is 4.90 Å². The molecular formula is C11H15N3O2S. The van der Waals surface area contributed by atoms with Gasteiger partial charge in [0.15, 0.2) is 0 Å². The van der Waals surface area contributed by atoms with Crippen LogP contribution in [0.25, 0.3) is 0 Å². The van der Waals surface area contributed by atoms with E-state index in [0.29, 0.717) is 13.1 Å². The van der Waals surface area contributed by atoms with E-state index in [-0.39, 0.29) is 24.8 Å². The molecule has 1 aromatic heterocycles. The molecule has 0 saturated carbocycles. The zero-order valence-corrected chi connectivity index (χ0v) is 10.5. The van der Waals surface area contributed by atoms with Gasteiger partial charge in [-0.3, -0.25) is 9.59 Å². The van der Waals surface area contributed by atoms with Crippen LogP contribution < -0.4 is 5.32 Å². The average Bonchev–Trinajstić information content (AvgIpc) is 2.56. The third-order valence-corrected chi connectivity index (χ3v) is 3.44. The smallest absolute Gasteiger partial charge is 0.239 e. The molecule has 1 fully saturated rings. The Hall–Kier alpha value is -1.43. The molecule has 0 unspecified atom stereocenters. The summed E-state index contributed by atoms with van der Waals surface area (Å²) in [5.41, 5.74) is 0.794. The Morgan fingerprint density at radius 3 is 3.18 bits per heavy atom. The maximum Gasteiger partial charge on any atom is 0.239 e. The molecule has 1 aromatic rings. The minimum Gasteiger partial charge on any atom is -0.354 e. The highest BCUT2D eigenvalue weighted by Crippen LogP contribution is 2.10. The maximum absolute atomic E-state index is 12.0. The van der Waals surface area contributed by atoms with Gasteiger partial charge in [-0.05, 0) is 13.3 Å². The first kappa shape index (κ1) is 12.0. The van der Waals surface area contributed by atoms with Crippen LogP contribution in [0.5, 0.6) is 0 Å². The van der Waals surface area contributed by atoms with Crippen LogP contribution in [0.15, 0.2) is 5.38 Å². The number of amides is 2. The fourth-order valence-corrected chi connectivity index (χ4v) is 2.39. The number of carbonyl (C=O) groups is 2. The van der Waals surface area contributed by atoms with Crippen molar-refractivity contribution in [2.24, 2.45) is 0 Å². The lowest BCUT2D eigenvalue weighted by Crippen LogP contribution is -2.38. The second kappa shape index (κ2) is 5.27. The zero-order chi connectivity index (χ0) is 12.3. The summed E-state index contributed by atoms with van der Waals surface area (Å²) in [7, 11) is 0. The lowest BCUT2D eigenvalue weighted by atomic mass is 10.3. The van der Waals surface area contributed by atoms with Crippen LogP contribution in [-0.4, -0.2) is 41.3 Å². The maximum atomic E-state index is 12.0. The van der Waals surface area contributed by atoms with Crippen LogP contribution in [0.4, 0.5) is 0 Å². The summed E-state index contributed by atoms with van der Waals surface area (Å²) in [6.45, 7) is 3.37. The molecule has 92 valence electrons. The third-order valence-electron chi connectivity index (χ3n) is 2.61. The van der Waals surface area contributed by atoms with Gasteiger partial charge in [-0.25, -0.2) is 4.98 Å². The van der Waals surface area contributed by atoms with Crippen molar-refractivity contribution >= 4 is 23.2 Å². The molecule has 0 spiro atoms. The van der Waals surface area contributed by atoms with Crippen molar-refractivity contribution in [3.05, 3.63) is 16.1 Å². The van der Waals surface area contributed by atoms with Crippen molar-refractivity contribution in [2.75, 3.05) is 19.6 Å². The molecule has 2 amide bonds. The standard InChI is InChI=1S/C11H15N3O2S/c1-8-13-9(7-17-8)5-11(16)14-4-2-3-12-10(15)6-14/h7H,2-6H2,1H3,(H,12,15). The van der Waals surface area contributed by atoms with Gasteiger partial charge in [-0.15, -0.1) is 11.3 Å². The van der Waals surface area contributed by atoms with Crippen LogP contribution in [0.1, 0.15) is 17.1 Å². The number of carbonyl (C=O) groups excluding carboxylic acids is 2. The molecule has 2 heterocycles. The molecule has 1 aliphatic heterocycles. The quantitative estimate of drug-likeness (QED) is 0.827. The molecule has 1 saturated heterocycles. The molecule has 2 rings (SSSR count). The molecule has 6 heteroatoms. The number of thiazole rings is 1. The van der Waals surface area contributed by atoms with E-state index in [0.717, 1.165) is 17.1 Å². The summed E-state index contributed by atoms with van der Waals surface area (Å²) in [6.07, 6.45) is 1.10. The SMILES string of the molecule is Cc1nc(CC(=O)N2CCCNC(=O)C2)cs1. The number of nitrogens with one attached hydrogen (secondary N) is 1. The number of rotatable bonds is 2. The number of hydrogen-bond donors (Lipinski definition) is 1. The Labute approximate surface area is 104 Å². The number of aromatic nitrogens is 1. The minimum atomic E-state index is -0.0784. The van der Waals surface area contributed by atoms with Gasteiger partial charge in [0.05, 0.1) is 23.7 Å². The molecule has 5 nitrogen and oxygen atoms in total. The number of aryl methyl sites for hydroxylation is 1. The van der Waals surface area contributed by atoms with E-state index < -0.39 is 0 Å². The highest BCUT2D eigenvalue weighted by atomic mass is 32.1. The summed E-state index contributed by atoms with van der Waals surface area (Å²) < 4.78 is 0. The molecule has 1 N–H and O–H groups in total. The van der Waals surface area contributed by atoms with Crippen molar-refractivity contribution in [2.45, 2.75) is 19.8 Å². The van der Waals surface area contributed by atoms with E-state index in [1.165, 1.54) is 11.3 Å². The van der Waals surface area contributed by atoms with Crippen molar-refractivity contribution in [1.29, 1.82) is 0 Å². The molecular weight excluding hydrogens is 238 g/mol. The van der Waals surface area contributed by atoms with Crippen LogP contribution in [0, 0.1) is 6.92 Å². The van der Waals surface area contributed by atoms with Crippen molar-refractivity contribution in [1.82, 2.24) is 15.2 Å². The fraction of sp³-hybridized carbons (Fsp3) is 0.545. The van der Waals surface area contributed by atoms with E-state index >= 15 is 0 Å². The first-order valence-corrected chi connectivity index (χ1v) is 6.48. The van der Waals surface area contributed by atoms with Gasteiger partial charge < -0.3 is 10.2 Å². The zero-order valence-electron chi connectivity index (χ0n) is 9.73. The largest absolute Gasteiger partial charge is 0.354 e. The normalized spacial score (nSPS) is 16.5. The van der Waals surface area contributed by atoms with Crippen molar-refractivity contribution in [3.8, 4) is 0 Å². The predicted octanol–water partition coefficient (Wildman–Crippen LogP) is 0.343. The first-order valence-electron chi connectivity index (χ1n) is 5.60. The van der Waals surface area contributed by atoms with Crippen LogP contribution in [0.2, 0.25) is 0 Å². The van der Waals surface area contributed by atoms with E-state index in [4.69, 9.17) is 0 Å². The Morgan fingerprint density at radius 1 is 1.65 bits per heavy atom. The van der Waals surface area contributed by atoms with Gasteiger partial charge in [0.2, 0.25) is 11.8 Å². The van der Waals surface area contributed by atoms with Gasteiger partial charge >= 0.3 is 0 Å². The van der Waals surface area contributed by atoms with Gasteiger partial charge in [0.1, 0.15) is 0 Å². The summed E-state index contributed by atoms with van der Waals surface area (Å²) >= 11 is 1.54. The Bertz CT molecular complexity index is 430. The monoisotopic (exact) mass is 253 g/mol. The topological polar surface area (TPSA) is 62.3 Å². The average molecular weight is 253 g/mol. The van der Waals surface area contributed by atoms with E-state index in [9.17, 15) is 9.59 Å². The Morgan fingerprint density at radius 2 is 2.47 bits per heavy atom. The molecule has 1 aliphatic rings. The molecule has 0 atom stereocenters. The fourth-order valence-electron chi connectivity index (χ4n) is 1.78. The second-order valence-electron chi connectivity index (χ2n) is 4.05. The summed E-state index contributed by atoms with van der Waals surface area (Å²) in [4.78, 5) is 29.2. The van der Waals surface area contributed by atoms with Crippen LogP contribution >= 0.6 is 11.3 Å². The number of nitrogens with zero attached hydrogens (tertiary/aromatic N) is 2. The Kier molecular flexibility index (Phi) is 3.73. The lowest BCUT2D eigenvalue weighted by molar-refractivity contribution is -0.134. The summed E-state index contributed by atoms with van der Waals surface area (Å²) in [5.74, 6) is -0.0994. The van der Waals surface area contributed by atoms with Crippen LogP contribution in [0.3, 0.4) is 0 Å². The van der Waals surface area contributed by atoms with Gasteiger partial charge in [0.25, 0.3) is 0 Å². The second-order valence-corrected chi connectivity index (χ2v) is 5.12. The lowest BCUT2D eigenvalue weighted by Gasteiger charge is -2.18. The highest BCUT2D eigenvalue weighted by molar-refractivity contribution is 7.09. The molecule has 0 aliphatic carbocycles. The first-order chi connectivity index (χ1) is 8.15. The molecule has 0 aromatic carbocycles. The van der Waals surface area contributed by atoms with E-state index in [2.05, 4.69) is 10.3 Å². The van der Waals surface area contributed by atoms with Gasteiger partial charge in [-0.1, -0.05) is 0 Å². The highest BCUT2D eigenvalue weighted by Gasteiger charge is 2.20.